The summed E-state index contributed by atoms with van der Waals surface area (Å²) in [5.41, 5.74) is 2.53. The van der Waals surface area contributed by atoms with Gasteiger partial charge >= 0.3 is 0 Å². The van der Waals surface area contributed by atoms with Gasteiger partial charge in [0.2, 0.25) is 15.9 Å². The Morgan fingerprint density at radius 1 is 1.18 bits per heavy atom. The monoisotopic (exact) mass is 469 g/mol. The fraction of sp³-hybridized carbons (Fsp3) is 0.250. The van der Waals surface area contributed by atoms with Gasteiger partial charge in [0.15, 0.2) is 0 Å². The molecule has 2 aromatic carbocycles. The minimum Gasteiger partial charge on any atom is -0.495 e. The molecule has 1 unspecified atom stereocenters. The van der Waals surface area contributed by atoms with Crippen LogP contribution < -0.4 is 10.1 Å². The van der Waals surface area contributed by atoms with Crippen LogP contribution >= 0.6 is 0 Å². The summed E-state index contributed by atoms with van der Waals surface area (Å²) in [7, 11) is -2.31. The van der Waals surface area contributed by atoms with Gasteiger partial charge in [-0.2, -0.15) is 4.31 Å². The molecule has 1 saturated heterocycles. The third kappa shape index (κ3) is 5.04. The smallest absolute Gasteiger partial charge is 0.243 e. The fourth-order valence-electron chi connectivity index (χ4n) is 3.85. The van der Waals surface area contributed by atoms with Crippen LogP contribution in [0.4, 0.5) is 4.39 Å². The van der Waals surface area contributed by atoms with E-state index < -0.39 is 21.9 Å². The van der Waals surface area contributed by atoms with E-state index >= 15 is 0 Å². The Morgan fingerprint density at radius 2 is 1.97 bits per heavy atom. The highest BCUT2D eigenvalue weighted by Crippen LogP contribution is 2.27. The van der Waals surface area contributed by atoms with Gasteiger partial charge in [-0.15, -0.1) is 0 Å². The van der Waals surface area contributed by atoms with E-state index in [0.717, 1.165) is 29.0 Å². The van der Waals surface area contributed by atoms with E-state index in [0.29, 0.717) is 18.6 Å². The summed E-state index contributed by atoms with van der Waals surface area (Å²) >= 11 is 0. The Hall–Kier alpha value is -3.30. The molecular weight excluding hydrogens is 445 g/mol. The lowest BCUT2D eigenvalue weighted by molar-refractivity contribution is -0.124. The van der Waals surface area contributed by atoms with Gasteiger partial charge < -0.3 is 10.1 Å². The number of carbonyl (C=O) groups excluding carboxylic acids is 1. The number of aromatic nitrogens is 1. The first-order chi connectivity index (χ1) is 15.9. The zero-order valence-electron chi connectivity index (χ0n) is 18.1. The Kier molecular flexibility index (Phi) is 6.71. The number of rotatable bonds is 7. The number of carbonyl (C=O) groups is 1. The number of methoxy groups -OCH3 is 1. The molecule has 7 nitrogen and oxygen atoms in total. The molecule has 1 aliphatic rings. The summed E-state index contributed by atoms with van der Waals surface area (Å²) in [4.78, 5) is 17.2. The van der Waals surface area contributed by atoms with Crippen LogP contribution in [0, 0.1) is 5.82 Å². The molecule has 2 heterocycles. The van der Waals surface area contributed by atoms with Crippen molar-refractivity contribution in [3.05, 3.63) is 78.2 Å². The fourth-order valence-corrected chi connectivity index (χ4v) is 5.51. The Labute approximate surface area is 192 Å². The van der Waals surface area contributed by atoms with Crippen LogP contribution in [-0.4, -0.2) is 43.3 Å². The van der Waals surface area contributed by atoms with Crippen LogP contribution in [0.5, 0.6) is 5.75 Å². The SMILES string of the molecule is COc1ccc(-c2cccc(CNC(=O)C3CCCN3S(=O)(=O)c3ccc(F)cc3)c2)nc1. The molecule has 1 fully saturated rings. The second kappa shape index (κ2) is 9.68. The molecule has 0 bridgehead atoms. The first-order valence-corrected chi connectivity index (χ1v) is 12.0. The van der Waals surface area contributed by atoms with Crippen molar-refractivity contribution in [1.29, 1.82) is 0 Å². The van der Waals surface area contributed by atoms with Gasteiger partial charge in [0, 0.05) is 18.7 Å². The van der Waals surface area contributed by atoms with Crippen molar-refractivity contribution in [1.82, 2.24) is 14.6 Å². The van der Waals surface area contributed by atoms with Crippen LogP contribution in [0.2, 0.25) is 0 Å². The van der Waals surface area contributed by atoms with Crippen LogP contribution in [0.3, 0.4) is 0 Å². The van der Waals surface area contributed by atoms with Crippen molar-refractivity contribution < 1.29 is 22.3 Å². The molecule has 9 heteroatoms. The van der Waals surface area contributed by atoms with Gasteiger partial charge in [-0.05, 0) is 60.9 Å². The molecule has 1 amide bonds. The van der Waals surface area contributed by atoms with Gasteiger partial charge in [-0.3, -0.25) is 9.78 Å². The molecule has 1 atom stereocenters. The van der Waals surface area contributed by atoms with E-state index in [9.17, 15) is 17.6 Å². The van der Waals surface area contributed by atoms with Crippen LogP contribution in [-0.2, 0) is 21.4 Å². The molecule has 0 aliphatic carbocycles. The molecule has 172 valence electrons. The van der Waals surface area contributed by atoms with E-state index in [-0.39, 0.29) is 23.9 Å². The van der Waals surface area contributed by atoms with E-state index in [1.165, 1.54) is 16.4 Å². The van der Waals surface area contributed by atoms with Gasteiger partial charge in [-0.25, -0.2) is 12.8 Å². The van der Waals surface area contributed by atoms with E-state index in [2.05, 4.69) is 10.3 Å². The number of hydrogen-bond acceptors (Lipinski definition) is 5. The zero-order valence-corrected chi connectivity index (χ0v) is 18.9. The maximum Gasteiger partial charge on any atom is 0.243 e. The Morgan fingerprint density at radius 3 is 2.67 bits per heavy atom. The zero-order chi connectivity index (χ0) is 23.4. The lowest BCUT2D eigenvalue weighted by atomic mass is 10.1. The van der Waals surface area contributed by atoms with Crippen LogP contribution in [0.25, 0.3) is 11.3 Å². The first-order valence-electron chi connectivity index (χ1n) is 10.5. The summed E-state index contributed by atoms with van der Waals surface area (Å²) in [6.07, 6.45) is 2.65. The molecule has 4 rings (SSSR count). The molecule has 33 heavy (non-hydrogen) atoms. The molecule has 1 aromatic heterocycles. The highest BCUT2D eigenvalue weighted by Gasteiger charge is 2.39. The van der Waals surface area contributed by atoms with Gasteiger partial charge in [0.05, 0.1) is 23.9 Å². The summed E-state index contributed by atoms with van der Waals surface area (Å²) in [6, 6.07) is 15.1. The number of pyridine rings is 1. The number of halogens is 1. The van der Waals surface area contributed by atoms with E-state index in [1.807, 2.05) is 36.4 Å². The molecule has 0 spiro atoms. The normalized spacial score (nSPS) is 16.5. The largest absolute Gasteiger partial charge is 0.495 e. The van der Waals surface area contributed by atoms with Crippen molar-refractivity contribution in [3.63, 3.8) is 0 Å². The molecule has 0 saturated carbocycles. The molecule has 1 aliphatic heterocycles. The average Bonchev–Trinajstić information content (AvgIpc) is 3.34. The third-order valence-electron chi connectivity index (χ3n) is 5.59. The molecule has 0 radical (unpaired) electrons. The predicted octanol–water partition coefficient (Wildman–Crippen LogP) is 3.37. The minimum atomic E-state index is -3.89. The van der Waals surface area contributed by atoms with Crippen molar-refractivity contribution in [2.75, 3.05) is 13.7 Å². The number of ether oxygens (including phenoxy) is 1. The highest BCUT2D eigenvalue weighted by atomic mass is 32.2. The number of sulfonamides is 1. The van der Waals surface area contributed by atoms with Gasteiger partial charge in [0.25, 0.3) is 0 Å². The first kappa shape index (κ1) is 22.9. The molecule has 3 aromatic rings. The number of benzene rings is 2. The Balaban J connectivity index is 1.44. The van der Waals surface area contributed by atoms with Gasteiger partial charge in [0.1, 0.15) is 17.6 Å². The second-order valence-corrected chi connectivity index (χ2v) is 9.62. The van der Waals surface area contributed by atoms with Crippen molar-refractivity contribution in [2.45, 2.75) is 30.3 Å². The summed E-state index contributed by atoms with van der Waals surface area (Å²) in [6.45, 7) is 0.500. The summed E-state index contributed by atoms with van der Waals surface area (Å²) in [5, 5.41) is 2.86. The van der Waals surface area contributed by atoms with Crippen LogP contribution in [0.1, 0.15) is 18.4 Å². The third-order valence-corrected chi connectivity index (χ3v) is 7.51. The lowest BCUT2D eigenvalue weighted by Gasteiger charge is -2.23. The lowest BCUT2D eigenvalue weighted by Crippen LogP contribution is -2.45. The number of nitrogens with one attached hydrogen (secondary N) is 1. The standard InChI is InChI=1S/C24H24FN3O4S/c1-32-20-9-12-22(26-16-20)18-5-2-4-17(14-18)15-27-24(29)23-6-3-13-28(23)33(30,31)21-10-7-19(25)8-11-21/h2,4-5,7-12,14,16,23H,3,6,13,15H2,1H3,(H,27,29). The quantitative estimate of drug-likeness (QED) is 0.573. The van der Waals surface area contributed by atoms with Gasteiger partial charge in [-0.1, -0.05) is 18.2 Å². The minimum absolute atomic E-state index is 0.0247. The topological polar surface area (TPSA) is 88.6 Å². The van der Waals surface area contributed by atoms with Crippen molar-refractivity contribution in [3.8, 4) is 17.0 Å². The Bertz CT molecular complexity index is 1230. The predicted molar refractivity (Wildman–Crippen MR) is 121 cm³/mol. The summed E-state index contributed by atoms with van der Waals surface area (Å²) < 4.78 is 45.5. The number of hydrogen-bond donors (Lipinski definition) is 1. The van der Waals surface area contributed by atoms with Crippen LogP contribution in [0.15, 0.2) is 71.8 Å². The van der Waals surface area contributed by atoms with Crippen molar-refractivity contribution in [2.24, 2.45) is 0 Å². The number of amides is 1. The second-order valence-electron chi connectivity index (χ2n) is 7.73. The number of nitrogens with zero attached hydrogens (tertiary/aromatic N) is 2. The molecule has 1 N–H and O–H groups in total. The van der Waals surface area contributed by atoms with E-state index in [1.54, 1.807) is 13.3 Å². The van der Waals surface area contributed by atoms with Crippen molar-refractivity contribution >= 4 is 15.9 Å². The summed E-state index contributed by atoms with van der Waals surface area (Å²) in [5.74, 6) is -0.207. The maximum atomic E-state index is 13.2. The van der Waals surface area contributed by atoms with E-state index in [4.69, 9.17) is 4.74 Å². The average molecular weight is 470 g/mol. The maximum absolute atomic E-state index is 13.2. The highest BCUT2D eigenvalue weighted by molar-refractivity contribution is 7.89. The molecular formula is C24H24FN3O4S.